The summed E-state index contributed by atoms with van der Waals surface area (Å²) in [7, 11) is 5.88. The van der Waals surface area contributed by atoms with Crippen LogP contribution in [0.15, 0.2) is 41.4 Å². The van der Waals surface area contributed by atoms with Crippen molar-refractivity contribution in [3.8, 4) is 0 Å². The van der Waals surface area contributed by atoms with E-state index < -0.39 is 0 Å². The van der Waals surface area contributed by atoms with Gasteiger partial charge in [-0.25, -0.2) is 4.99 Å². The Hall–Kier alpha value is -1.51. The van der Waals surface area contributed by atoms with Gasteiger partial charge in [0.25, 0.3) is 0 Å². The third-order valence-corrected chi connectivity index (χ3v) is 2.86. The average molecular weight is 194 g/mol. The summed E-state index contributed by atoms with van der Waals surface area (Å²) in [5.74, 6) is 0.145. The Kier molecular flexibility index (Phi) is 1.91. The van der Waals surface area contributed by atoms with Crippen LogP contribution >= 0.6 is 0 Å². The zero-order valence-corrected chi connectivity index (χ0v) is 8.35. The van der Waals surface area contributed by atoms with Gasteiger partial charge >= 0.3 is 0 Å². The van der Waals surface area contributed by atoms with Crippen molar-refractivity contribution in [1.82, 2.24) is 0 Å². The summed E-state index contributed by atoms with van der Waals surface area (Å²) in [5, 5.41) is 3.47. The number of aliphatic imine (C=N–C) groups is 1. The van der Waals surface area contributed by atoms with Crippen molar-refractivity contribution < 1.29 is 0 Å². The summed E-state index contributed by atoms with van der Waals surface area (Å²) in [5.41, 5.74) is 3.22. The van der Waals surface area contributed by atoms with Gasteiger partial charge in [-0.15, -0.1) is 0 Å². The number of nitrogens with zero attached hydrogens (tertiary/aromatic N) is 1. The second kappa shape index (κ2) is 3.26. The summed E-state index contributed by atoms with van der Waals surface area (Å²) in [4.78, 5) is 4.61. The van der Waals surface area contributed by atoms with Gasteiger partial charge in [0.1, 0.15) is 0 Å². The lowest BCUT2D eigenvalue weighted by atomic mass is 9.77. The van der Waals surface area contributed by atoms with Gasteiger partial charge in [-0.2, -0.15) is 0 Å². The first kappa shape index (κ1) is 8.78. The number of hydrogen-bond donors (Lipinski definition) is 1. The lowest BCUT2D eigenvalue weighted by molar-refractivity contribution is 0.786. The number of anilines is 1. The molecule has 0 bridgehead atoms. The zero-order valence-electron chi connectivity index (χ0n) is 8.35. The average Bonchev–Trinajstić information content (AvgIpc) is 2.26. The van der Waals surface area contributed by atoms with Gasteiger partial charge in [0.2, 0.25) is 0 Å². The lowest BCUT2D eigenvalue weighted by Gasteiger charge is -2.30. The summed E-state index contributed by atoms with van der Waals surface area (Å²) >= 11 is 0. The molecule has 3 rings (SSSR count). The number of hydrogen-bond acceptors (Lipinski definition) is 2. The Morgan fingerprint density at radius 2 is 2.20 bits per heavy atom. The molecule has 3 heteroatoms. The number of allylic oxidation sites excluding steroid dienone is 1. The monoisotopic (exact) mass is 194 g/mol. The molecule has 1 aromatic rings. The van der Waals surface area contributed by atoms with Crippen molar-refractivity contribution >= 4 is 24.9 Å². The van der Waals surface area contributed by atoms with E-state index in [9.17, 15) is 0 Å². The van der Waals surface area contributed by atoms with Crippen LogP contribution in [0, 0.1) is 0 Å². The maximum Gasteiger partial charge on any atom is 0.0865 e. The second-order valence-electron chi connectivity index (χ2n) is 4.01. The molecule has 1 N–H and O–H groups in total. The highest BCUT2D eigenvalue weighted by Gasteiger charge is 2.24. The second-order valence-corrected chi connectivity index (χ2v) is 4.01. The molecular weight excluding hydrogens is 183 g/mol. The summed E-state index contributed by atoms with van der Waals surface area (Å²) in [6.45, 7) is 0. The third kappa shape index (κ3) is 1.48. The molecule has 1 aromatic carbocycles. The van der Waals surface area contributed by atoms with E-state index in [0.29, 0.717) is 0 Å². The highest BCUT2D eigenvalue weighted by Crippen LogP contribution is 2.33. The zero-order chi connectivity index (χ0) is 10.3. The first-order chi connectivity index (χ1) is 7.33. The van der Waals surface area contributed by atoms with Crippen LogP contribution in [0.1, 0.15) is 6.42 Å². The quantitative estimate of drug-likeness (QED) is 0.630. The molecule has 1 aliphatic carbocycles. The molecule has 1 aliphatic heterocycles. The van der Waals surface area contributed by atoms with Crippen LogP contribution < -0.4 is 5.32 Å². The van der Waals surface area contributed by atoms with E-state index in [-0.39, 0.29) is 11.9 Å². The van der Waals surface area contributed by atoms with Crippen LogP contribution in [0.25, 0.3) is 0 Å². The molecule has 72 valence electrons. The predicted molar refractivity (Wildman–Crippen MR) is 64.2 cm³/mol. The van der Waals surface area contributed by atoms with Gasteiger partial charge in [0.15, 0.2) is 0 Å². The largest absolute Gasteiger partial charge is 0.375 e. The molecule has 2 aliphatic rings. The van der Waals surface area contributed by atoms with E-state index in [1.807, 2.05) is 30.4 Å². The molecule has 2 unspecified atom stereocenters. The van der Waals surface area contributed by atoms with Crippen LogP contribution in [-0.2, 0) is 0 Å². The van der Waals surface area contributed by atoms with Crippen molar-refractivity contribution in [2.45, 2.75) is 18.3 Å². The van der Waals surface area contributed by atoms with Crippen LogP contribution in [-0.4, -0.2) is 19.6 Å². The van der Waals surface area contributed by atoms with Crippen LogP contribution in [0.3, 0.4) is 0 Å². The number of para-hydroxylation sites is 2. The van der Waals surface area contributed by atoms with Gasteiger partial charge in [-0.3, -0.25) is 0 Å². The minimum absolute atomic E-state index is 0.145. The molecule has 0 saturated heterocycles. The molecule has 0 fully saturated rings. The number of nitrogens with one attached hydrogen (secondary N) is 1. The van der Waals surface area contributed by atoms with Gasteiger partial charge in [-0.05, 0) is 24.6 Å². The minimum atomic E-state index is 0.145. The minimum Gasteiger partial charge on any atom is -0.375 e. The highest BCUT2D eigenvalue weighted by atomic mass is 15.0. The maximum absolute atomic E-state index is 5.88. The molecule has 2 radical (unpaired) electrons. The van der Waals surface area contributed by atoms with E-state index in [1.165, 1.54) is 0 Å². The van der Waals surface area contributed by atoms with E-state index >= 15 is 0 Å². The molecule has 0 amide bonds. The molecule has 15 heavy (non-hydrogen) atoms. The van der Waals surface area contributed by atoms with Crippen LogP contribution in [0.4, 0.5) is 11.4 Å². The predicted octanol–water partition coefficient (Wildman–Crippen LogP) is 2.47. The van der Waals surface area contributed by atoms with E-state index in [4.69, 9.17) is 7.85 Å². The first-order valence-electron chi connectivity index (χ1n) is 5.21. The Bertz CT molecular complexity index is 451. The van der Waals surface area contributed by atoms with Crippen molar-refractivity contribution in [2.24, 2.45) is 4.99 Å². The highest BCUT2D eigenvalue weighted by molar-refractivity contribution is 6.16. The topological polar surface area (TPSA) is 24.4 Å². The summed E-state index contributed by atoms with van der Waals surface area (Å²) in [6.07, 6.45) is 4.97. The number of fused-ring (bicyclic) bond motifs is 2. The maximum atomic E-state index is 5.88. The fourth-order valence-corrected chi connectivity index (χ4v) is 2.08. The standard InChI is InChI=1S/C12H11BN2/c13-8-5-6-11-12(7-8)15-10-4-2-1-3-9(10)14-11/h1-6,8,12,15H,7H2. The van der Waals surface area contributed by atoms with E-state index in [0.717, 1.165) is 23.5 Å². The van der Waals surface area contributed by atoms with Crippen molar-refractivity contribution in [1.29, 1.82) is 0 Å². The van der Waals surface area contributed by atoms with Crippen molar-refractivity contribution in [3.63, 3.8) is 0 Å². The van der Waals surface area contributed by atoms with Crippen LogP contribution in [0.2, 0.25) is 5.82 Å². The van der Waals surface area contributed by atoms with E-state index in [1.54, 1.807) is 0 Å². The van der Waals surface area contributed by atoms with Crippen molar-refractivity contribution in [3.05, 3.63) is 36.4 Å². The fraction of sp³-hybridized carbons (Fsp3) is 0.250. The van der Waals surface area contributed by atoms with Gasteiger partial charge in [-0.1, -0.05) is 24.0 Å². The number of benzene rings is 1. The molecule has 0 spiro atoms. The van der Waals surface area contributed by atoms with Gasteiger partial charge < -0.3 is 5.32 Å². The molecule has 2 atom stereocenters. The summed E-state index contributed by atoms with van der Waals surface area (Å²) in [6, 6.07) is 8.38. The van der Waals surface area contributed by atoms with Crippen molar-refractivity contribution in [2.75, 3.05) is 5.32 Å². The van der Waals surface area contributed by atoms with Gasteiger partial charge in [0.05, 0.1) is 31.0 Å². The molecule has 1 heterocycles. The van der Waals surface area contributed by atoms with Crippen LogP contribution in [0.5, 0.6) is 0 Å². The number of rotatable bonds is 0. The summed E-state index contributed by atoms with van der Waals surface area (Å²) < 4.78 is 0. The lowest BCUT2D eigenvalue weighted by Crippen LogP contribution is -2.33. The van der Waals surface area contributed by atoms with E-state index in [2.05, 4.69) is 16.4 Å². The normalized spacial score (nSPS) is 27.3. The Morgan fingerprint density at radius 3 is 3.13 bits per heavy atom. The Labute approximate surface area is 90.5 Å². The van der Waals surface area contributed by atoms with Gasteiger partial charge in [0, 0.05) is 0 Å². The Morgan fingerprint density at radius 1 is 1.33 bits per heavy atom. The third-order valence-electron chi connectivity index (χ3n) is 2.86. The molecule has 2 nitrogen and oxygen atoms in total. The molecular formula is C12H11BN2. The Balaban J connectivity index is 2.05. The smallest absolute Gasteiger partial charge is 0.0865 e. The molecule has 0 aromatic heterocycles. The fourth-order valence-electron chi connectivity index (χ4n) is 2.08. The SMILES string of the molecule is [B]C1C=CC2=Nc3ccccc3NC2C1. The first-order valence-corrected chi connectivity index (χ1v) is 5.21. The molecule has 0 saturated carbocycles.